The van der Waals surface area contributed by atoms with E-state index in [4.69, 9.17) is 10.4 Å². The molecule has 0 bridgehead atoms. The average Bonchev–Trinajstić information content (AvgIpc) is 2.03. The fourth-order valence-electron chi connectivity index (χ4n) is 0.538. The predicted molar refractivity (Wildman–Crippen MR) is 37.8 cm³/mol. The zero-order valence-corrected chi connectivity index (χ0v) is 6.87. The summed E-state index contributed by atoms with van der Waals surface area (Å²) in [6, 6.07) is 1.17. The lowest BCUT2D eigenvalue weighted by molar-refractivity contribution is -0.164. The Hall–Kier alpha value is -1.15. The highest BCUT2D eigenvalue weighted by atomic mass is 19.1. The molecule has 12 heavy (non-hydrogen) atoms. The average molecular weight is 175 g/mol. The number of hydrogen-bond donors (Lipinski definition) is 1. The monoisotopic (exact) mass is 175 g/mol. The molecule has 0 aromatic heterocycles. The summed E-state index contributed by atoms with van der Waals surface area (Å²) in [5.74, 6) is -1.25. The first-order valence-electron chi connectivity index (χ1n) is 3.44. The highest BCUT2D eigenvalue weighted by Gasteiger charge is 2.44. The van der Waals surface area contributed by atoms with Gasteiger partial charge in [0.2, 0.25) is 0 Å². The van der Waals surface area contributed by atoms with E-state index in [-0.39, 0.29) is 6.61 Å². The number of halogens is 1. The molecule has 0 amide bonds. The minimum absolute atomic E-state index is 0.00442. The molecule has 5 heteroatoms. The van der Waals surface area contributed by atoms with Crippen molar-refractivity contribution >= 4 is 5.97 Å². The lowest BCUT2D eigenvalue weighted by atomic mass is 10.0. The van der Waals surface area contributed by atoms with Gasteiger partial charge in [-0.1, -0.05) is 0 Å². The fraction of sp³-hybridized carbons (Fsp3) is 0.714. The number of carbonyl (C=O) groups excluding carboxylic acids is 1. The molecule has 2 atom stereocenters. The largest absolute Gasteiger partial charge is 0.463 e. The molecule has 0 rings (SSSR count). The van der Waals surface area contributed by atoms with Crippen molar-refractivity contribution in [3.63, 3.8) is 0 Å². The van der Waals surface area contributed by atoms with E-state index in [2.05, 4.69) is 4.74 Å². The van der Waals surface area contributed by atoms with Crippen LogP contribution in [-0.2, 0) is 9.53 Å². The third-order valence-corrected chi connectivity index (χ3v) is 1.33. The van der Waals surface area contributed by atoms with Gasteiger partial charge >= 0.3 is 5.97 Å². The number of nitrogens with zero attached hydrogens (tertiary/aromatic N) is 1. The molecule has 1 N–H and O–H groups in total. The maximum Gasteiger partial charge on any atom is 0.356 e. The molecule has 0 fully saturated rings. The smallest absolute Gasteiger partial charge is 0.356 e. The van der Waals surface area contributed by atoms with Crippen LogP contribution in [-0.4, -0.2) is 29.5 Å². The number of carbonyl (C=O) groups is 1. The first-order chi connectivity index (χ1) is 5.49. The van der Waals surface area contributed by atoms with Crippen molar-refractivity contribution in [2.24, 2.45) is 0 Å². The molecule has 0 aromatic carbocycles. The number of esters is 1. The first kappa shape index (κ1) is 10.8. The van der Waals surface area contributed by atoms with E-state index in [1.165, 1.54) is 13.0 Å². The maximum absolute atomic E-state index is 12.6. The Morgan fingerprint density at radius 1 is 1.92 bits per heavy atom. The van der Waals surface area contributed by atoms with Crippen LogP contribution in [0.5, 0.6) is 0 Å². The van der Waals surface area contributed by atoms with Gasteiger partial charge in [-0.05, 0) is 13.8 Å². The second-order valence-electron chi connectivity index (χ2n) is 2.21. The Balaban J connectivity index is 4.55. The lowest BCUT2D eigenvalue weighted by Gasteiger charge is -2.18. The van der Waals surface area contributed by atoms with Gasteiger partial charge in [0.05, 0.1) is 6.61 Å². The quantitative estimate of drug-likeness (QED) is 0.490. The summed E-state index contributed by atoms with van der Waals surface area (Å²) < 4.78 is 16.9. The summed E-state index contributed by atoms with van der Waals surface area (Å²) >= 11 is 0. The minimum atomic E-state index is -2.67. The van der Waals surface area contributed by atoms with Crippen LogP contribution in [0.2, 0.25) is 0 Å². The normalized spacial score (nSPS) is 17.2. The molecular weight excluding hydrogens is 165 g/mol. The minimum Gasteiger partial charge on any atom is -0.463 e. The van der Waals surface area contributed by atoms with E-state index in [0.29, 0.717) is 0 Å². The summed E-state index contributed by atoms with van der Waals surface area (Å²) in [5.41, 5.74) is -2.67. The molecule has 2 unspecified atom stereocenters. The summed E-state index contributed by atoms with van der Waals surface area (Å²) in [5, 5.41) is 17.4. The summed E-state index contributed by atoms with van der Waals surface area (Å²) in [7, 11) is 0. The molecule has 0 spiro atoms. The molecule has 4 nitrogen and oxygen atoms in total. The first-order valence-corrected chi connectivity index (χ1v) is 3.44. The Kier molecular flexibility index (Phi) is 3.64. The molecule has 0 aliphatic carbocycles. The van der Waals surface area contributed by atoms with Crippen molar-refractivity contribution in [2.75, 3.05) is 6.61 Å². The number of alkyl halides is 1. The third-order valence-electron chi connectivity index (χ3n) is 1.33. The molecule has 68 valence electrons. The highest BCUT2D eigenvalue weighted by Crippen LogP contribution is 2.14. The van der Waals surface area contributed by atoms with Crippen LogP contribution < -0.4 is 0 Å². The van der Waals surface area contributed by atoms with E-state index in [1.807, 2.05) is 0 Å². The zero-order chi connectivity index (χ0) is 9.78. The van der Waals surface area contributed by atoms with Crippen molar-refractivity contribution in [1.29, 1.82) is 5.26 Å². The van der Waals surface area contributed by atoms with Crippen LogP contribution in [0.1, 0.15) is 13.8 Å². The molecule has 0 aromatic rings. The van der Waals surface area contributed by atoms with Gasteiger partial charge in [-0.3, -0.25) is 0 Å². The van der Waals surface area contributed by atoms with Gasteiger partial charge in [-0.2, -0.15) is 5.26 Å². The van der Waals surface area contributed by atoms with Crippen molar-refractivity contribution < 1.29 is 19.0 Å². The van der Waals surface area contributed by atoms with Gasteiger partial charge < -0.3 is 9.84 Å². The Bertz CT molecular complexity index is 211. The molecule has 0 saturated heterocycles. The second-order valence-corrected chi connectivity index (χ2v) is 2.21. The summed E-state index contributed by atoms with van der Waals surface area (Å²) in [6.45, 7) is 2.41. The number of rotatable bonds is 3. The lowest BCUT2D eigenvalue weighted by Crippen LogP contribution is -2.46. The van der Waals surface area contributed by atoms with E-state index in [1.54, 1.807) is 0 Å². The standard InChI is InChI=1S/C7H10FNO3/c1-3-12-6(10)7(11,4-9)5(2)8/h5,11H,3H2,1-2H3. The molecule has 0 aliphatic heterocycles. The topological polar surface area (TPSA) is 70.3 Å². The fourth-order valence-corrected chi connectivity index (χ4v) is 0.538. The zero-order valence-electron chi connectivity index (χ0n) is 6.87. The van der Waals surface area contributed by atoms with E-state index >= 15 is 0 Å². The van der Waals surface area contributed by atoms with Gasteiger partial charge in [-0.25, -0.2) is 9.18 Å². The maximum atomic E-state index is 12.6. The molecular formula is C7H10FNO3. The van der Waals surface area contributed by atoms with Crippen molar-refractivity contribution in [2.45, 2.75) is 25.6 Å². The van der Waals surface area contributed by atoms with Crippen LogP contribution in [0.15, 0.2) is 0 Å². The number of nitriles is 1. The number of aliphatic hydroxyl groups is 1. The van der Waals surface area contributed by atoms with E-state index in [0.717, 1.165) is 6.92 Å². The Labute approximate surface area is 69.6 Å². The van der Waals surface area contributed by atoms with E-state index < -0.39 is 17.7 Å². The van der Waals surface area contributed by atoms with Crippen molar-refractivity contribution in [3.05, 3.63) is 0 Å². The Morgan fingerprint density at radius 2 is 2.42 bits per heavy atom. The van der Waals surface area contributed by atoms with Gasteiger partial charge in [0, 0.05) is 0 Å². The summed E-state index contributed by atoms with van der Waals surface area (Å²) in [4.78, 5) is 10.8. The number of ether oxygens (including phenoxy) is 1. The van der Waals surface area contributed by atoms with Crippen LogP contribution in [0.4, 0.5) is 4.39 Å². The van der Waals surface area contributed by atoms with Crippen LogP contribution in [0.3, 0.4) is 0 Å². The molecule has 0 aliphatic rings. The molecule has 0 radical (unpaired) electrons. The van der Waals surface area contributed by atoms with Gasteiger partial charge in [0.15, 0.2) is 6.17 Å². The van der Waals surface area contributed by atoms with Gasteiger partial charge in [0.25, 0.3) is 5.60 Å². The van der Waals surface area contributed by atoms with Crippen LogP contribution in [0, 0.1) is 11.3 Å². The highest BCUT2D eigenvalue weighted by molar-refractivity contribution is 5.83. The van der Waals surface area contributed by atoms with Crippen LogP contribution >= 0.6 is 0 Å². The predicted octanol–water partition coefficient (Wildman–Crippen LogP) is 0.162. The third kappa shape index (κ3) is 1.92. The molecule has 0 heterocycles. The Morgan fingerprint density at radius 3 is 2.67 bits per heavy atom. The summed E-state index contributed by atoms with van der Waals surface area (Å²) in [6.07, 6.45) is -1.97. The van der Waals surface area contributed by atoms with Crippen molar-refractivity contribution in [3.8, 4) is 6.07 Å². The van der Waals surface area contributed by atoms with Gasteiger partial charge in [-0.15, -0.1) is 0 Å². The second kappa shape index (κ2) is 4.02. The van der Waals surface area contributed by atoms with E-state index in [9.17, 15) is 9.18 Å². The SMILES string of the molecule is CCOC(=O)C(O)(C#N)C(C)F. The molecule has 0 saturated carbocycles. The van der Waals surface area contributed by atoms with Crippen LogP contribution in [0.25, 0.3) is 0 Å². The van der Waals surface area contributed by atoms with Gasteiger partial charge in [0.1, 0.15) is 6.07 Å². The van der Waals surface area contributed by atoms with Crippen molar-refractivity contribution in [1.82, 2.24) is 0 Å². The number of hydrogen-bond acceptors (Lipinski definition) is 4.